The predicted octanol–water partition coefficient (Wildman–Crippen LogP) is 6.57. The molecule has 0 atom stereocenters. The third-order valence-corrected chi connectivity index (χ3v) is 7.78. The normalized spacial score (nSPS) is 11.7. The van der Waals surface area contributed by atoms with Crippen LogP contribution in [0.3, 0.4) is 0 Å². The number of hydrogen-bond acceptors (Lipinski definition) is 3. The fourth-order valence-electron chi connectivity index (χ4n) is 5.86. The first-order valence-electron chi connectivity index (χ1n) is 13.4. The molecule has 7 heteroatoms. The second kappa shape index (κ2) is 8.95. The van der Waals surface area contributed by atoms with Gasteiger partial charge in [-0.05, 0) is 56.3 Å². The summed E-state index contributed by atoms with van der Waals surface area (Å²) in [6, 6.07) is 29.5. The highest BCUT2D eigenvalue weighted by molar-refractivity contribution is 6.20. The van der Waals surface area contributed by atoms with Gasteiger partial charge in [0.25, 0.3) is 11.5 Å². The fourth-order valence-corrected chi connectivity index (χ4v) is 5.86. The Morgan fingerprint density at radius 2 is 1.50 bits per heavy atom. The first kappa shape index (κ1) is 23.9. The molecule has 0 saturated heterocycles. The van der Waals surface area contributed by atoms with E-state index in [0.717, 1.165) is 44.8 Å². The van der Waals surface area contributed by atoms with E-state index in [1.54, 1.807) is 0 Å². The molecule has 0 aliphatic heterocycles. The van der Waals surface area contributed by atoms with Gasteiger partial charge in [-0.15, -0.1) is 0 Å². The number of rotatable bonds is 4. The van der Waals surface area contributed by atoms with E-state index in [2.05, 4.69) is 34.0 Å². The number of anilines is 1. The first-order chi connectivity index (χ1) is 19.5. The van der Waals surface area contributed by atoms with Gasteiger partial charge in [0, 0.05) is 57.4 Å². The highest BCUT2D eigenvalue weighted by Crippen LogP contribution is 2.32. The van der Waals surface area contributed by atoms with Crippen molar-refractivity contribution in [2.45, 2.75) is 20.4 Å². The van der Waals surface area contributed by atoms with Gasteiger partial charge in [0.2, 0.25) is 0 Å². The van der Waals surface area contributed by atoms with Crippen LogP contribution in [0.25, 0.3) is 49.3 Å². The summed E-state index contributed by atoms with van der Waals surface area (Å²) in [6.45, 7) is 4.96. The lowest BCUT2D eigenvalue weighted by atomic mass is 10.1. The monoisotopic (exact) mass is 525 g/mol. The largest absolute Gasteiger partial charge is 0.341 e. The topological polar surface area (TPSA) is 73.8 Å². The van der Waals surface area contributed by atoms with Crippen molar-refractivity contribution in [1.29, 1.82) is 0 Å². The Bertz CT molecular complexity index is 2180. The Hall–Kier alpha value is -5.17. The molecule has 0 spiro atoms. The lowest BCUT2D eigenvalue weighted by Gasteiger charge is -2.11. The summed E-state index contributed by atoms with van der Waals surface area (Å²) in [4.78, 5) is 27.8. The molecule has 0 bridgehead atoms. The van der Waals surface area contributed by atoms with Gasteiger partial charge < -0.3 is 14.5 Å². The molecule has 0 aliphatic rings. The Labute approximate surface area is 229 Å². The van der Waals surface area contributed by atoms with Gasteiger partial charge in [0.15, 0.2) is 5.69 Å². The zero-order valence-electron chi connectivity index (χ0n) is 22.5. The molecule has 0 radical (unpaired) electrons. The lowest BCUT2D eigenvalue weighted by molar-refractivity contribution is 0.102. The van der Waals surface area contributed by atoms with Crippen molar-refractivity contribution in [3.8, 4) is 5.69 Å². The van der Waals surface area contributed by atoms with E-state index in [4.69, 9.17) is 0 Å². The summed E-state index contributed by atoms with van der Waals surface area (Å²) in [5.74, 6) is -0.374. The fraction of sp³-hybridized carbons (Fsp3) is 0.121. The van der Waals surface area contributed by atoms with Crippen LogP contribution in [-0.2, 0) is 13.6 Å². The van der Waals surface area contributed by atoms with Crippen molar-refractivity contribution in [2.24, 2.45) is 7.05 Å². The van der Waals surface area contributed by atoms with Crippen LogP contribution in [-0.4, -0.2) is 24.8 Å². The molecule has 196 valence electrons. The van der Waals surface area contributed by atoms with Crippen LogP contribution in [0.1, 0.15) is 23.0 Å². The predicted molar refractivity (Wildman–Crippen MR) is 162 cm³/mol. The number of amides is 1. The van der Waals surface area contributed by atoms with Crippen LogP contribution in [0.4, 0.5) is 5.69 Å². The minimum Gasteiger partial charge on any atom is -0.341 e. The smallest absolute Gasteiger partial charge is 0.296 e. The van der Waals surface area contributed by atoms with E-state index < -0.39 is 0 Å². The van der Waals surface area contributed by atoms with E-state index >= 15 is 0 Å². The molecular weight excluding hydrogens is 498 g/mol. The van der Waals surface area contributed by atoms with Crippen molar-refractivity contribution < 1.29 is 4.79 Å². The van der Waals surface area contributed by atoms with Crippen LogP contribution >= 0.6 is 0 Å². The maximum atomic E-state index is 14.0. The van der Waals surface area contributed by atoms with Crippen molar-refractivity contribution in [3.05, 3.63) is 113 Å². The molecule has 0 unspecified atom stereocenters. The molecular formula is C33H27N5O2. The zero-order valence-corrected chi connectivity index (χ0v) is 22.5. The molecule has 7 rings (SSSR count). The number of hydrogen-bond donors (Lipinski definition) is 1. The minimum absolute atomic E-state index is 0.197. The third kappa shape index (κ3) is 3.48. The molecule has 3 heterocycles. The maximum absolute atomic E-state index is 14.0. The average molecular weight is 526 g/mol. The summed E-state index contributed by atoms with van der Waals surface area (Å²) >= 11 is 0. The number of aryl methyl sites for hydroxylation is 3. The van der Waals surface area contributed by atoms with Gasteiger partial charge in [-0.1, -0.05) is 54.1 Å². The summed E-state index contributed by atoms with van der Waals surface area (Å²) in [5, 5.41) is 11.3. The zero-order chi connectivity index (χ0) is 27.5. The SMILES string of the molecule is CCn1c2ccccc2c2cc(NC(=O)c3nn(-c4ccc(C)cc4)c(=O)c4c3c3ccccc3n4C)ccc21. The Balaban J connectivity index is 1.43. The summed E-state index contributed by atoms with van der Waals surface area (Å²) in [5.41, 5.74) is 5.83. The first-order valence-corrected chi connectivity index (χ1v) is 13.4. The van der Waals surface area contributed by atoms with Gasteiger partial charge in [-0.25, -0.2) is 0 Å². The average Bonchev–Trinajstić information content (AvgIpc) is 3.46. The van der Waals surface area contributed by atoms with Crippen molar-refractivity contribution in [3.63, 3.8) is 0 Å². The molecule has 7 aromatic rings. The van der Waals surface area contributed by atoms with Gasteiger partial charge in [0.05, 0.1) is 5.69 Å². The minimum atomic E-state index is -0.374. The van der Waals surface area contributed by atoms with E-state index in [1.165, 1.54) is 4.68 Å². The molecule has 0 saturated carbocycles. The van der Waals surface area contributed by atoms with E-state index in [0.29, 0.717) is 22.3 Å². The quantitative estimate of drug-likeness (QED) is 0.283. The molecule has 7 nitrogen and oxygen atoms in total. The summed E-state index contributed by atoms with van der Waals surface area (Å²) in [6.07, 6.45) is 0. The van der Waals surface area contributed by atoms with Gasteiger partial charge in [-0.3, -0.25) is 9.59 Å². The molecule has 40 heavy (non-hydrogen) atoms. The standard InChI is InChI=1S/C33H27N5O2/c1-4-37-27-12-8-5-9-23(27)25-19-21(15-18-28(25)37)34-32(39)30-29-24-10-6-7-11-26(24)36(3)31(29)33(40)38(35-30)22-16-13-20(2)14-17-22/h5-19H,4H2,1-3H3,(H,34,39). The molecule has 0 aliphatic carbocycles. The highest BCUT2D eigenvalue weighted by Gasteiger charge is 2.24. The van der Waals surface area contributed by atoms with Crippen LogP contribution in [0, 0.1) is 6.92 Å². The number of nitrogens with zero attached hydrogens (tertiary/aromatic N) is 4. The molecule has 3 aromatic heterocycles. The van der Waals surface area contributed by atoms with E-state index in [-0.39, 0.29) is 17.2 Å². The molecule has 1 N–H and O–H groups in total. The second-order valence-electron chi connectivity index (χ2n) is 10.1. The molecule has 0 fully saturated rings. The maximum Gasteiger partial charge on any atom is 0.296 e. The Morgan fingerprint density at radius 1 is 0.825 bits per heavy atom. The van der Waals surface area contributed by atoms with Crippen LogP contribution in [0.15, 0.2) is 95.8 Å². The number of aromatic nitrogens is 4. The Morgan fingerprint density at radius 3 is 2.25 bits per heavy atom. The van der Waals surface area contributed by atoms with E-state index in [1.807, 2.05) is 97.4 Å². The van der Waals surface area contributed by atoms with Crippen LogP contribution in [0.2, 0.25) is 0 Å². The van der Waals surface area contributed by atoms with Crippen molar-refractivity contribution in [2.75, 3.05) is 5.32 Å². The number of carbonyl (C=O) groups excluding carboxylic acids is 1. The third-order valence-electron chi connectivity index (χ3n) is 7.78. The van der Waals surface area contributed by atoms with Gasteiger partial charge >= 0.3 is 0 Å². The van der Waals surface area contributed by atoms with Gasteiger partial charge in [-0.2, -0.15) is 9.78 Å². The Kier molecular flexibility index (Phi) is 5.35. The molecule has 4 aromatic carbocycles. The van der Waals surface area contributed by atoms with Crippen LogP contribution in [0.5, 0.6) is 0 Å². The number of para-hydroxylation sites is 2. The van der Waals surface area contributed by atoms with Crippen molar-refractivity contribution in [1.82, 2.24) is 18.9 Å². The van der Waals surface area contributed by atoms with Crippen LogP contribution < -0.4 is 10.9 Å². The number of carbonyl (C=O) groups is 1. The highest BCUT2D eigenvalue weighted by atomic mass is 16.2. The number of nitrogens with one attached hydrogen (secondary N) is 1. The number of fused-ring (bicyclic) bond motifs is 6. The van der Waals surface area contributed by atoms with E-state index in [9.17, 15) is 9.59 Å². The van der Waals surface area contributed by atoms with Gasteiger partial charge in [0.1, 0.15) is 5.52 Å². The van der Waals surface area contributed by atoms with Crippen molar-refractivity contribution >= 4 is 55.2 Å². The lowest BCUT2D eigenvalue weighted by Crippen LogP contribution is -2.27. The second-order valence-corrected chi connectivity index (χ2v) is 10.1. The summed E-state index contributed by atoms with van der Waals surface area (Å²) < 4.78 is 5.45. The number of benzene rings is 4. The molecule has 1 amide bonds. The summed E-state index contributed by atoms with van der Waals surface area (Å²) in [7, 11) is 1.85.